The summed E-state index contributed by atoms with van der Waals surface area (Å²) in [6.45, 7) is 8.00. The molecule has 3 atom stereocenters. The predicted octanol–water partition coefficient (Wildman–Crippen LogP) is 2.71. The highest BCUT2D eigenvalue weighted by atomic mass is 16.5. The van der Waals surface area contributed by atoms with E-state index in [1.807, 2.05) is 0 Å². The molecule has 3 aliphatic heterocycles. The third-order valence-electron chi connectivity index (χ3n) is 7.15. The van der Waals surface area contributed by atoms with Gasteiger partial charge in [0.15, 0.2) is 0 Å². The number of hydrogen-bond acceptors (Lipinski definition) is 6. The van der Waals surface area contributed by atoms with Crippen LogP contribution < -0.4 is 15.0 Å². The van der Waals surface area contributed by atoms with Gasteiger partial charge in [0, 0.05) is 50.1 Å². The van der Waals surface area contributed by atoms with E-state index in [9.17, 15) is 4.79 Å². The lowest BCUT2D eigenvalue weighted by molar-refractivity contribution is 0.0940. The number of ether oxygens (including phenoxy) is 1. The maximum atomic E-state index is 12.6. The first-order valence-electron chi connectivity index (χ1n) is 11.7. The number of benzene rings is 1. The SMILES string of the molecule is COc1ccc([C@@H]2[C@@H]3CN(c4nc(CC(C)C)nc5c4CCNC5=O)C[C@@H]3CN2C)cc1. The molecule has 1 N–H and O–H groups in total. The summed E-state index contributed by atoms with van der Waals surface area (Å²) in [5.74, 6) is 4.17. The summed E-state index contributed by atoms with van der Waals surface area (Å²) in [6.07, 6.45) is 1.58. The Labute approximate surface area is 190 Å². The number of rotatable bonds is 5. The van der Waals surface area contributed by atoms with E-state index in [2.05, 4.69) is 65.3 Å². The zero-order valence-corrected chi connectivity index (χ0v) is 19.5. The van der Waals surface area contributed by atoms with Crippen molar-refractivity contribution in [2.45, 2.75) is 32.7 Å². The Bertz CT molecular complexity index is 1010. The molecule has 2 fully saturated rings. The minimum absolute atomic E-state index is 0.0601. The zero-order valence-electron chi connectivity index (χ0n) is 19.5. The number of nitrogens with zero attached hydrogens (tertiary/aromatic N) is 4. The van der Waals surface area contributed by atoms with E-state index in [4.69, 9.17) is 9.72 Å². The standard InChI is InChI=1S/C25H33N5O2/c1-15(2)11-21-27-22-19(9-10-26-25(22)31)24(28-21)30-13-17-12-29(3)23(20(17)14-30)16-5-7-18(32-4)8-6-16/h5-8,15,17,20,23H,9-14H2,1-4H3,(H,26,31)/t17-,20+,23+/m0/s1. The number of nitrogens with one attached hydrogen (secondary N) is 1. The van der Waals surface area contributed by atoms with Crippen molar-refractivity contribution < 1.29 is 9.53 Å². The first-order valence-corrected chi connectivity index (χ1v) is 11.7. The lowest BCUT2D eigenvalue weighted by Gasteiger charge is -2.29. The molecule has 2 saturated heterocycles. The molecule has 0 bridgehead atoms. The molecular weight excluding hydrogens is 402 g/mol. The van der Waals surface area contributed by atoms with Gasteiger partial charge in [0.1, 0.15) is 23.1 Å². The molecule has 1 aromatic carbocycles. The Morgan fingerprint density at radius 1 is 1.16 bits per heavy atom. The van der Waals surface area contributed by atoms with Gasteiger partial charge in [0.05, 0.1) is 7.11 Å². The summed E-state index contributed by atoms with van der Waals surface area (Å²) in [5.41, 5.74) is 2.95. The van der Waals surface area contributed by atoms with Crippen LogP contribution in [0.2, 0.25) is 0 Å². The molecule has 0 spiro atoms. The van der Waals surface area contributed by atoms with Gasteiger partial charge in [-0.3, -0.25) is 9.69 Å². The third-order valence-corrected chi connectivity index (χ3v) is 7.15. The number of hydrogen-bond donors (Lipinski definition) is 1. The minimum Gasteiger partial charge on any atom is -0.497 e. The fraction of sp³-hybridized carbons (Fsp3) is 0.560. The van der Waals surface area contributed by atoms with Crippen molar-refractivity contribution in [1.82, 2.24) is 20.2 Å². The summed E-state index contributed by atoms with van der Waals surface area (Å²) >= 11 is 0. The number of anilines is 1. The first kappa shape index (κ1) is 21.2. The quantitative estimate of drug-likeness (QED) is 0.779. The van der Waals surface area contributed by atoms with Gasteiger partial charge < -0.3 is 15.0 Å². The fourth-order valence-corrected chi connectivity index (χ4v) is 5.77. The number of carbonyl (C=O) groups excluding carboxylic acids is 1. The summed E-state index contributed by atoms with van der Waals surface area (Å²) < 4.78 is 5.35. The first-order chi connectivity index (χ1) is 15.4. The van der Waals surface area contributed by atoms with Crippen molar-refractivity contribution in [3.8, 4) is 5.75 Å². The normalized spacial score (nSPS) is 25.1. The molecule has 5 rings (SSSR count). The summed E-state index contributed by atoms with van der Waals surface area (Å²) in [7, 11) is 3.94. The molecule has 1 aromatic heterocycles. The van der Waals surface area contributed by atoms with Crippen LogP contribution in [0.1, 0.15) is 47.3 Å². The van der Waals surface area contributed by atoms with Gasteiger partial charge in [-0.1, -0.05) is 26.0 Å². The summed E-state index contributed by atoms with van der Waals surface area (Å²) in [5, 5.41) is 2.96. The van der Waals surface area contributed by atoms with Crippen molar-refractivity contribution in [3.05, 3.63) is 46.9 Å². The number of fused-ring (bicyclic) bond motifs is 2. The highest BCUT2D eigenvalue weighted by Crippen LogP contribution is 2.45. The van der Waals surface area contributed by atoms with Crippen molar-refractivity contribution in [3.63, 3.8) is 0 Å². The maximum Gasteiger partial charge on any atom is 0.270 e. The smallest absolute Gasteiger partial charge is 0.270 e. The Kier molecular flexibility index (Phi) is 5.53. The molecule has 7 nitrogen and oxygen atoms in total. The predicted molar refractivity (Wildman–Crippen MR) is 124 cm³/mol. The van der Waals surface area contributed by atoms with Crippen molar-refractivity contribution in [2.75, 3.05) is 45.2 Å². The van der Waals surface area contributed by atoms with Crippen molar-refractivity contribution >= 4 is 11.7 Å². The van der Waals surface area contributed by atoms with E-state index < -0.39 is 0 Å². The highest BCUT2D eigenvalue weighted by Gasteiger charge is 2.47. The average Bonchev–Trinajstić information content (AvgIpc) is 3.30. The number of methoxy groups -OCH3 is 1. The highest BCUT2D eigenvalue weighted by molar-refractivity contribution is 5.96. The van der Waals surface area contributed by atoms with Crippen molar-refractivity contribution in [2.24, 2.45) is 17.8 Å². The van der Waals surface area contributed by atoms with E-state index in [0.717, 1.165) is 55.4 Å². The van der Waals surface area contributed by atoms with E-state index in [-0.39, 0.29) is 5.91 Å². The Balaban J connectivity index is 1.46. The van der Waals surface area contributed by atoms with E-state index in [1.165, 1.54) is 5.56 Å². The summed E-state index contributed by atoms with van der Waals surface area (Å²) in [6, 6.07) is 8.89. The molecule has 0 saturated carbocycles. The lowest BCUT2D eigenvalue weighted by atomic mass is 9.89. The maximum absolute atomic E-state index is 12.6. The molecule has 1 amide bonds. The van der Waals surface area contributed by atoms with Crippen LogP contribution in [0, 0.1) is 17.8 Å². The lowest BCUT2D eigenvalue weighted by Crippen LogP contribution is -2.36. The third kappa shape index (κ3) is 3.72. The Morgan fingerprint density at radius 2 is 1.94 bits per heavy atom. The van der Waals surface area contributed by atoms with E-state index in [0.29, 0.717) is 36.0 Å². The van der Waals surface area contributed by atoms with Gasteiger partial charge in [-0.2, -0.15) is 0 Å². The Morgan fingerprint density at radius 3 is 2.66 bits per heavy atom. The Hall–Kier alpha value is -2.67. The second kappa shape index (κ2) is 8.35. The zero-order chi connectivity index (χ0) is 22.4. The van der Waals surface area contributed by atoms with Crippen LogP contribution in [0.5, 0.6) is 5.75 Å². The van der Waals surface area contributed by atoms with Gasteiger partial charge in [-0.25, -0.2) is 9.97 Å². The monoisotopic (exact) mass is 435 g/mol. The molecule has 32 heavy (non-hydrogen) atoms. The van der Waals surface area contributed by atoms with Crippen LogP contribution >= 0.6 is 0 Å². The van der Waals surface area contributed by atoms with Gasteiger partial charge in [0.2, 0.25) is 0 Å². The molecule has 170 valence electrons. The summed E-state index contributed by atoms with van der Waals surface area (Å²) in [4.78, 5) is 27.2. The van der Waals surface area contributed by atoms with Gasteiger partial charge in [-0.05, 0) is 43.0 Å². The van der Waals surface area contributed by atoms with Crippen LogP contribution in [0.15, 0.2) is 24.3 Å². The molecule has 0 unspecified atom stereocenters. The van der Waals surface area contributed by atoms with Gasteiger partial charge in [-0.15, -0.1) is 0 Å². The molecular formula is C25H33N5O2. The van der Waals surface area contributed by atoms with Gasteiger partial charge >= 0.3 is 0 Å². The molecule has 3 aliphatic rings. The average molecular weight is 436 g/mol. The fourth-order valence-electron chi connectivity index (χ4n) is 5.77. The second-order valence-electron chi connectivity index (χ2n) is 9.88. The second-order valence-corrected chi connectivity index (χ2v) is 9.88. The largest absolute Gasteiger partial charge is 0.497 e. The topological polar surface area (TPSA) is 70.6 Å². The molecule has 4 heterocycles. The molecule has 7 heteroatoms. The van der Waals surface area contributed by atoms with E-state index >= 15 is 0 Å². The molecule has 2 aromatic rings. The van der Waals surface area contributed by atoms with Crippen LogP contribution in [-0.4, -0.2) is 61.1 Å². The number of carbonyl (C=O) groups is 1. The van der Waals surface area contributed by atoms with E-state index in [1.54, 1.807) is 7.11 Å². The van der Waals surface area contributed by atoms with Crippen LogP contribution in [0.25, 0.3) is 0 Å². The van der Waals surface area contributed by atoms with Crippen LogP contribution in [0.3, 0.4) is 0 Å². The van der Waals surface area contributed by atoms with Gasteiger partial charge in [0.25, 0.3) is 5.91 Å². The molecule has 0 aliphatic carbocycles. The van der Waals surface area contributed by atoms with Crippen LogP contribution in [-0.2, 0) is 12.8 Å². The van der Waals surface area contributed by atoms with Crippen molar-refractivity contribution in [1.29, 1.82) is 0 Å². The number of aromatic nitrogens is 2. The number of amides is 1. The minimum atomic E-state index is -0.0601. The molecule has 0 radical (unpaired) electrons. The van der Waals surface area contributed by atoms with Crippen LogP contribution in [0.4, 0.5) is 5.82 Å². The number of likely N-dealkylation sites (tertiary alicyclic amines) is 1.